The molecule has 0 aromatic rings. The Morgan fingerprint density at radius 1 is 1.21 bits per heavy atom. The number of rotatable bonds is 5. The van der Waals surface area contributed by atoms with Gasteiger partial charge in [0.2, 0.25) is 0 Å². The Balaban J connectivity index is 1.93. The summed E-state index contributed by atoms with van der Waals surface area (Å²) < 4.78 is 0. The predicted octanol–water partition coefficient (Wildman–Crippen LogP) is 3.38. The Bertz CT molecular complexity index is 296. The fourth-order valence-electron chi connectivity index (χ4n) is 3.66. The van der Waals surface area contributed by atoms with Gasteiger partial charge >= 0.3 is 0 Å². The molecule has 0 aromatic carbocycles. The Labute approximate surface area is 120 Å². The second kappa shape index (κ2) is 5.73. The number of piperazine rings is 1. The van der Waals surface area contributed by atoms with Crippen LogP contribution in [-0.2, 0) is 0 Å². The zero-order valence-electron chi connectivity index (χ0n) is 13.9. The van der Waals surface area contributed by atoms with Crippen LogP contribution in [0.1, 0.15) is 54.4 Å². The van der Waals surface area contributed by atoms with Crippen LogP contribution in [0, 0.1) is 23.2 Å². The number of hydrogen-bond donors (Lipinski definition) is 1. The van der Waals surface area contributed by atoms with E-state index < -0.39 is 0 Å². The summed E-state index contributed by atoms with van der Waals surface area (Å²) in [6, 6.07) is 1.44. The molecule has 2 fully saturated rings. The van der Waals surface area contributed by atoms with E-state index in [0.717, 1.165) is 23.8 Å². The minimum absolute atomic E-state index is 0.611. The van der Waals surface area contributed by atoms with Crippen LogP contribution in [0.4, 0.5) is 0 Å². The van der Waals surface area contributed by atoms with E-state index in [2.05, 4.69) is 51.8 Å². The Morgan fingerprint density at radius 3 is 2.32 bits per heavy atom. The van der Waals surface area contributed by atoms with Crippen LogP contribution in [0.3, 0.4) is 0 Å². The maximum atomic E-state index is 3.78. The normalized spacial score (nSPS) is 35.1. The van der Waals surface area contributed by atoms with Crippen molar-refractivity contribution in [1.82, 2.24) is 10.2 Å². The molecule has 0 spiro atoms. The quantitative estimate of drug-likeness (QED) is 0.820. The Kier molecular flexibility index (Phi) is 4.62. The monoisotopic (exact) mass is 266 g/mol. The summed E-state index contributed by atoms with van der Waals surface area (Å²) in [6.07, 6.45) is 2.74. The fourth-order valence-corrected chi connectivity index (χ4v) is 3.66. The van der Waals surface area contributed by atoms with Crippen LogP contribution in [-0.4, -0.2) is 36.6 Å². The first-order valence-electron chi connectivity index (χ1n) is 8.27. The number of nitrogens with zero attached hydrogens (tertiary/aromatic N) is 1. The number of nitrogens with one attached hydrogen (secondary N) is 1. The maximum absolute atomic E-state index is 3.78. The van der Waals surface area contributed by atoms with E-state index in [1.54, 1.807) is 0 Å². The van der Waals surface area contributed by atoms with Gasteiger partial charge in [-0.25, -0.2) is 0 Å². The zero-order chi connectivity index (χ0) is 14.2. The van der Waals surface area contributed by atoms with Crippen molar-refractivity contribution in [3.63, 3.8) is 0 Å². The standard InChI is InChI=1S/C17H34N2/c1-12(2)7-15-11-19(10-14-8-17(14,5)6)16(9-18-15)13(3)4/h12-16,18H,7-11H2,1-6H3. The highest BCUT2D eigenvalue weighted by molar-refractivity contribution is 4.99. The molecule has 1 N–H and O–H groups in total. The largest absolute Gasteiger partial charge is 0.311 e. The molecule has 1 heterocycles. The minimum atomic E-state index is 0.611. The van der Waals surface area contributed by atoms with Crippen LogP contribution in [0.25, 0.3) is 0 Å². The van der Waals surface area contributed by atoms with Crippen LogP contribution in [0.2, 0.25) is 0 Å². The third kappa shape index (κ3) is 3.95. The minimum Gasteiger partial charge on any atom is -0.311 e. The van der Waals surface area contributed by atoms with Crippen molar-refractivity contribution >= 4 is 0 Å². The van der Waals surface area contributed by atoms with Gasteiger partial charge in [-0.1, -0.05) is 41.5 Å². The molecule has 2 rings (SSSR count). The van der Waals surface area contributed by atoms with Crippen molar-refractivity contribution in [1.29, 1.82) is 0 Å². The lowest BCUT2D eigenvalue weighted by molar-refractivity contribution is 0.0841. The van der Waals surface area contributed by atoms with Gasteiger partial charge in [0.05, 0.1) is 0 Å². The van der Waals surface area contributed by atoms with E-state index in [1.165, 1.54) is 32.5 Å². The van der Waals surface area contributed by atoms with Crippen LogP contribution in [0.5, 0.6) is 0 Å². The molecular weight excluding hydrogens is 232 g/mol. The van der Waals surface area contributed by atoms with Gasteiger partial charge in [0, 0.05) is 31.7 Å². The molecule has 0 bridgehead atoms. The molecule has 0 aromatic heterocycles. The van der Waals surface area contributed by atoms with Crippen molar-refractivity contribution in [3.8, 4) is 0 Å². The first-order valence-corrected chi connectivity index (χ1v) is 8.27. The molecule has 2 nitrogen and oxygen atoms in total. The average Bonchev–Trinajstić information content (AvgIpc) is 2.84. The molecule has 2 aliphatic rings. The lowest BCUT2D eigenvalue weighted by Gasteiger charge is -2.43. The van der Waals surface area contributed by atoms with E-state index in [4.69, 9.17) is 0 Å². The summed E-state index contributed by atoms with van der Waals surface area (Å²) >= 11 is 0. The van der Waals surface area contributed by atoms with Crippen molar-refractivity contribution in [2.24, 2.45) is 23.2 Å². The molecule has 1 aliphatic carbocycles. The van der Waals surface area contributed by atoms with Gasteiger partial charge in [0.25, 0.3) is 0 Å². The topological polar surface area (TPSA) is 15.3 Å². The van der Waals surface area contributed by atoms with Crippen molar-refractivity contribution in [2.45, 2.75) is 66.5 Å². The van der Waals surface area contributed by atoms with E-state index in [9.17, 15) is 0 Å². The summed E-state index contributed by atoms with van der Waals surface area (Å²) in [4.78, 5) is 2.80. The van der Waals surface area contributed by atoms with E-state index in [-0.39, 0.29) is 0 Å². The zero-order valence-corrected chi connectivity index (χ0v) is 13.9. The van der Waals surface area contributed by atoms with Crippen molar-refractivity contribution in [3.05, 3.63) is 0 Å². The average molecular weight is 266 g/mol. The highest BCUT2D eigenvalue weighted by Crippen LogP contribution is 2.52. The third-order valence-corrected chi connectivity index (χ3v) is 5.24. The molecule has 2 heteroatoms. The molecule has 3 atom stereocenters. The molecule has 1 saturated heterocycles. The molecule has 19 heavy (non-hydrogen) atoms. The second-order valence-corrected chi connectivity index (χ2v) is 8.39. The summed E-state index contributed by atoms with van der Waals surface area (Å²) in [6.45, 7) is 18.0. The Morgan fingerprint density at radius 2 is 1.84 bits per heavy atom. The first kappa shape index (κ1) is 15.3. The molecule has 0 amide bonds. The van der Waals surface area contributed by atoms with E-state index in [1.807, 2.05) is 0 Å². The molecule has 0 radical (unpaired) electrons. The van der Waals surface area contributed by atoms with Crippen molar-refractivity contribution in [2.75, 3.05) is 19.6 Å². The van der Waals surface area contributed by atoms with Crippen LogP contribution in [0.15, 0.2) is 0 Å². The van der Waals surface area contributed by atoms with Gasteiger partial charge in [0.15, 0.2) is 0 Å². The van der Waals surface area contributed by atoms with Gasteiger partial charge in [-0.15, -0.1) is 0 Å². The molecular formula is C17H34N2. The highest BCUT2D eigenvalue weighted by Gasteiger charge is 2.47. The number of hydrogen-bond acceptors (Lipinski definition) is 2. The van der Waals surface area contributed by atoms with E-state index in [0.29, 0.717) is 11.5 Å². The lowest BCUT2D eigenvalue weighted by atomic mass is 9.94. The van der Waals surface area contributed by atoms with Crippen LogP contribution >= 0.6 is 0 Å². The molecule has 1 aliphatic heterocycles. The van der Waals surface area contributed by atoms with Crippen molar-refractivity contribution < 1.29 is 0 Å². The van der Waals surface area contributed by atoms with Gasteiger partial charge in [0.1, 0.15) is 0 Å². The summed E-state index contributed by atoms with van der Waals surface area (Å²) in [5.41, 5.74) is 0.611. The van der Waals surface area contributed by atoms with E-state index >= 15 is 0 Å². The van der Waals surface area contributed by atoms with Gasteiger partial charge < -0.3 is 5.32 Å². The second-order valence-electron chi connectivity index (χ2n) is 8.39. The first-order chi connectivity index (χ1) is 8.79. The molecule has 112 valence electrons. The fraction of sp³-hybridized carbons (Fsp3) is 1.00. The smallest absolute Gasteiger partial charge is 0.0244 e. The predicted molar refractivity (Wildman–Crippen MR) is 83.3 cm³/mol. The summed E-state index contributed by atoms with van der Waals surface area (Å²) in [5.74, 6) is 2.49. The molecule has 1 saturated carbocycles. The molecule has 3 unspecified atom stereocenters. The van der Waals surface area contributed by atoms with Gasteiger partial charge in [-0.3, -0.25) is 4.90 Å². The van der Waals surface area contributed by atoms with Gasteiger partial charge in [-0.2, -0.15) is 0 Å². The lowest BCUT2D eigenvalue weighted by Crippen LogP contribution is -2.58. The van der Waals surface area contributed by atoms with Crippen LogP contribution < -0.4 is 5.32 Å². The van der Waals surface area contributed by atoms with Gasteiger partial charge in [-0.05, 0) is 36.0 Å². The Hall–Kier alpha value is -0.0800. The summed E-state index contributed by atoms with van der Waals surface area (Å²) in [7, 11) is 0. The highest BCUT2D eigenvalue weighted by atomic mass is 15.2. The SMILES string of the molecule is CC(C)CC1CN(CC2CC2(C)C)C(C(C)C)CN1. The maximum Gasteiger partial charge on any atom is 0.0244 e. The summed E-state index contributed by atoms with van der Waals surface area (Å²) in [5, 5.41) is 3.78. The third-order valence-electron chi connectivity index (χ3n) is 5.24.